The van der Waals surface area contributed by atoms with Gasteiger partial charge in [-0.1, -0.05) is 6.42 Å². The van der Waals surface area contributed by atoms with Crippen LogP contribution in [-0.4, -0.2) is 24.4 Å². The van der Waals surface area contributed by atoms with Gasteiger partial charge < -0.3 is 4.90 Å². The quantitative estimate of drug-likeness (QED) is 0.762. The zero-order chi connectivity index (χ0) is 13.0. The standard InChI is InChI=1S/C17H27NO/c1-18(11-12-3-2-4-12)16(19)17-8-13-5-14(9-17)7-15(6-13)10-17/h12-15H,2-11H2,1H3. The number of rotatable bonds is 3. The van der Waals surface area contributed by atoms with E-state index in [4.69, 9.17) is 0 Å². The van der Waals surface area contributed by atoms with Gasteiger partial charge in [0.2, 0.25) is 5.91 Å². The van der Waals surface area contributed by atoms with Gasteiger partial charge in [0.05, 0.1) is 5.41 Å². The van der Waals surface area contributed by atoms with Gasteiger partial charge in [0.25, 0.3) is 0 Å². The van der Waals surface area contributed by atoms with Gasteiger partial charge in [-0.3, -0.25) is 4.79 Å². The lowest BCUT2D eigenvalue weighted by Crippen LogP contribution is -2.54. The molecule has 5 aliphatic rings. The van der Waals surface area contributed by atoms with Gasteiger partial charge in [0, 0.05) is 13.6 Å². The Kier molecular flexibility index (Phi) is 2.72. The lowest BCUT2D eigenvalue weighted by Gasteiger charge is -2.56. The fraction of sp³-hybridized carbons (Fsp3) is 0.941. The number of carbonyl (C=O) groups excluding carboxylic acids is 1. The van der Waals surface area contributed by atoms with Gasteiger partial charge in [-0.2, -0.15) is 0 Å². The Morgan fingerprint density at radius 2 is 1.58 bits per heavy atom. The number of carbonyl (C=O) groups is 1. The predicted octanol–water partition coefficient (Wildman–Crippen LogP) is 3.46. The van der Waals surface area contributed by atoms with Crippen molar-refractivity contribution in [2.75, 3.05) is 13.6 Å². The molecule has 0 spiro atoms. The Hall–Kier alpha value is -0.530. The molecule has 4 bridgehead atoms. The molecule has 106 valence electrons. The lowest BCUT2D eigenvalue weighted by molar-refractivity contribution is -0.157. The highest BCUT2D eigenvalue weighted by Crippen LogP contribution is 2.60. The molecule has 2 nitrogen and oxygen atoms in total. The molecule has 0 saturated heterocycles. The summed E-state index contributed by atoms with van der Waals surface area (Å²) in [6.45, 7) is 1.03. The normalized spacial score (nSPS) is 44.2. The molecule has 5 saturated carbocycles. The summed E-state index contributed by atoms with van der Waals surface area (Å²) in [6, 6.07) is 0. The topological polar surface area (TPSA) is 20.3 Å². The van der Waals surface area contributed by atoms with E-state index in [1.165, 1.54) is 57.8 Å². The van der Waals surface area contributed by atoms with Crippen LogP contribution in [0.5, 0.6) is 0 Å². The minimum atomic E-state index is 0.0766. The highest BCUT2D eigenvalue weighted by Gasteiger charge is 2.55. The average Bonchev–Trinajstić information content (AvgIpc) is 2.31. The molecule has 0 aromatic heterocycles. The zero-order valence-electron chi connectivity index (χ0n) is 12.2. The summed E-state index contributed by atoms with van der Waals surface area (Å²) in [5.41, 5.74) is 0.0766. The fourth-order valence-electron chi connectivity index (χ4n) is 5.92. The molecule has 5 rings (SSSR count). The average molecular weight is 261 g/mol. The molecule has 1 amide bonds. The predicted molar refractivity (Wildman–Crippen MR) is 75.6 cm³/mol. The van der Waals surface area contributed by atoms with E-state index in [1.54, 1.807) is 0 Å². The Labute approximate surface area is 116 Å². The minimum Gasteiger partial charge on any atom is -0.345 e. The van der Waals surface area contributed by atoms with Crippen LogP contribution < -0.4 is 0 Å². The van der Waals surface area contributed by atoms with Crippen LogP contribution in [-0.2, 0) is 4.79 Å². The first-order valence-corrected chi connectivity index (χ1v) is 8.40. The Balaban J connectivity index is 1.49. The van der Waals surface area contributed by atoms with Crippen molar-refractivity contribution >= 4 is 5.91 Å². The summed E-state index contributed by atoms with van der Waals surface area (Å²) < 4.78 is 0. The maximum atomic E-state index is 13.0. The first kappa shape index (κ1) is 12.2. The molecule has 0 heterocycles. The molecule has 0 aromatic rings. The largest absolute Gasteiger partial charge is 0.345 e. The number of nitrogens with zero attached hydrogens (tertiary/aromatic N) is 1. The van der Waals surface area contributed by atoms with E-state index in [1.807, 2.05) is 0 Å². The van der Waals surface area contributed by atoms with Crippen molar-refractivity contribution in [1.29, 1.82) is 0 Å². The van der Waals surface area contributed by atoms with Crippen molar-refractivity contribution in [3.63, 3.8) is 0 Å². The van der Waals surface area contributed by atoms with Crippen molar-refractivity contribution in [2.24, 2.45) is 29.1 Å². The third-order valence-electron chi connectivity index (χ3n) is 6.60. The Morgan fingerprint density at radius 1 is 1.05 bits per heavy atom. The van der Waals surface area contributed by atoms with Crippen LogP contribution in [0, 0.1) is 29.1 Å². The molecule has 0 radical (unpaired) electrons. The van der Waals surface area contributed by atoms with Gasteiger partial charge in [0.15, 0.2) is 0 Å². The van der Waals surface area contributed by atoms with E-state index in [0.717, 1.165) is 30.2 Å². The maximum absolute atomic E-state index is 13.0. The molecular formula is C17H27NO. The van der Waals surface area contributed by atoms with E-state index in [-0.39, 0.29) is 5.41 Å². The molecule has 0 N–H and O–H groups in total. The van der Waals surface area contributed by atoms with E-state index < -0.39 is 0 Å². The first-order chi connectivity index (χ1) is 9.14. The molecule has 19 heavy (non-hydrogen) atoms. The lowest BCUT2D eigenvalue weighted by atomic mass is 9.49. The van der Waals surface area contributed by atoms with Crippen molar-refractivity contribution < 1.29 is 4.79 Å². The molecule has 5 fully saturated rings. The van der Waals surface area contributed by atoms with Gasteiger partial charge in [0.1, 0.15) is 0 Å². The van der Waals surface area contributed by atoms with Crippen molar-refractivity contribution in [3.8, 4) is 0 Å². The van der Waals surface area contributed by atoms with E-state index in [9.17, 15) is 4.79 Å². The second kappa shape index (κ2) is 4.23. The maximum Gasteiger partial charge on any atom is 0.228 e. The molecule has 0 aromatic carbocycles. The second-order valence-electron chi connectivity index (χ2n) is 8.18. The monoisotopic (exact) mass is 261 g/mol. The molecule has 2 heteroatoms. The summed E-state index contributed by atoms with van der Waals surface area (Å²) in [5.74, 6) is 3.97. The van der Waals surface area contributed by atoms with Gasteiger partial charge in [-0.05, 0) is 75.0 Å². The molecule has 0 aliphatic heterocycles. The van der Waals surface area contributed by atoms with Crippen molar-refractivity contribution in [3.05, 3.63) is 0 Å². The zero-order valence-corrected chi connectivity index (χ0v) is 12.2. The van der Waals surface area contributed by atoms with Crippen LogP contribution in [0.3, 0.4) is 0 Å². The molecule has 5 aliphatic carbocycles. The fourth-order valence-corrected chi connectivity index (χ4v) is 5.92. The third-order valence-corrected chi connectivity index (χ3v) is 6.60. The highest BCUT2D eigenvalue weighted by molar-refractivity contribution is 5.83. The SMILES string of the molecule is CN(CC1CCC1)C(=O)C12CC3CC(CC(C3)C1)C2. The summed E-state index contributed by atoms with van der Waals surface area (Å²) in [6.07, 6.45) is 12.0. The smallest absolute Gasteiger partial charge is 0.228 e. The Morgan fingerprint density at radius 3 is 2.00 bits per heavy atom. The van der Waals surface area contributed by atoms with Crippen LogP contribution in [0.25, 0.3) is 0 Å². The van der Waals surface area contributed by atoms with Crippen LogP contribution in [0.15, 0.2) is 0 Å². The van der Waals surface area contributed by atoms with Crippen LogP contribution in [0.4, 0.5) is 0 Å². The van der Waals surface area contributed by atoms with E-state index >= 15 is 0 Å². The minimum absolute atomic E-state index is 0.0766. The summed E-state index contributed by atoms with van der Waals surface area (Å²) in [4.78, 5) is 15.1. The van der Waals surface area contributed by atoms with Crippen LogP contribution in [0.1, 0.15) is 57.8 Å². The van der Waals surface area contributed by atoms with Crippen LogP contribution >= 0.6 is 0 Å². The third kappa shape index (κ3) is 1.94. The van der Waals surface area contributed by atoms with Gasteiger partial charge >= 0.3 is 0 Å². The number of hydrogen-bond donors (Lipinski definition) is 0. The molecule has 0 atom stereocenters. The first-order valence-electron chi connectivity index (χ1n) is 8.40. The second-order valence-corrected chi connectivity index (χ2v) is 8.18. The van der Waals surface area contributed by atoms with Crippen molar-refractivity contribution in [2.45, 2.75) is 57.8 Å². The van der Waals surface area contributed by atoms with E-state index in [0.29, 0.717) is 5.91 Å². The number of hydrogen-bond acceptors (Lipinski definition) is 1. The summed E-state index contributed by atoms with van der Waals surface area (Å²) >= 11 is 0. The van der Waals surface area contributed by atoms with Gasteiger partial charge in [-0.25, -0.2) is 0 Å². The highest BCUT2D eigenvalue weighted by atomic mass is 16.2. The molecular weight excluding hydrogens is 234 g/mol. The number of amides is 1. The molecule has 0 unspecified atom stereocenters. The van der Waals surface area contributed by atoms with Gasteiger partial charge in [-0.15, -0.1) is 0 Å². The van der Waals surface area contributed by atoms with Crippen molar-refractivity contribution in [1.82, 2.24) is 4.90 Å². The Bertz CT molecular complexity index is 349. The van der Waals surface area contributed by atoms with E-state index in [2.05, 4.69) is 11.9 Å². The van der Waals surface area contributed by atoms with Crippen LogP contribution in [0.2, 0.25) is 0 Å². The summed E-state index contributed by atoms with van der Waals surface area (Å²) in [5, 5.41) is 0. The summed E-state index contributed by atoms with van der Waals surface area (Å²) in [7, 11) is 2.07.